The molecule has 0 bridgehead atoms. The van der Waals surface area contributed by atoms with Gasteiger partial charge in [0.15, 0.2) is 16.9 Å². The van der Waals surface area contributed by atoms with Crippen molar-refractivity contribution in [3.8, 4) is 11.6 Å². The van der Waals surface area contributed by atoms with Crippen LogP contribution in [0.1, 0.15) is 20.1 Å². The predicted molar refractivity (Wildman–Crippen MR) is 135 cm³/mol. The fraction of sp³-hybridized carbons (Fsp3) is 0.348. The average Bonchev–Trinajstić information content (AvgIpc) is 3.35. The Morgan fingerprint density at radius 1 is 1.20 bits per heavy atom. The number of benzene rings is 2. The first-order chi connectivity index (χ1) is 16.8. The van der Waals surface area contributed by atoms with Gasteiger partial charge in [-0.3, -0.25) is 4.57 Å². The molecule has 1 fully saturated rings. The van der Waals surface area contributed by atoms with Crippen molar-refractivity contribution < 1.29 is 23.6 Å². The van der Waals surface area contributed by atoms with E-state index in [2.05, 4.69) is 15.0 Å². The highest BCUT2D eigenvalue weighted by atomic mass is 32.4. The second-order valence-electron chi connectivity index (χ2n) is 8.80. The molecule has 4 aromatic rings. The molecule has 35 heavy (non-hydrogen) atoms. The van der Waals surface area contributed by atoms with Crippen LogP contribution in [0.5, 0.6) is 11.6 Å². The van der Waals surface area contributed by atoms with Gasteiger partial charge in [0.05, 0.1) is 19.5 Å². The lowest BCUT2D eigenvalue weighted by Crippen LogP contribution is -2.36. The van der Waals surface area contributed by atoms with Gasteiger partial charge in [0.2, 0.25) is 23.6 Å². The van der Waals surface area contributed by atoms with Crippen molar-refractivity contribution in [2.24, 2.45) is 5.41 Å². The molecule has 2 aromatic carbocycles. The molecule has 12 heteroatoms. The van der Waals surface area contributed by atoms with Crippen LogP contribution < -0.4 is 15.0 Å². The minimum absolute atomic E-state index is 0.0506. The Labute approximate surface area is 207 Å². The Balaban J connectivity index is 1.32. The maximum absolute atomic E-state index is 11.1. The standard InChI is InChI=1S/C23H25N5O5PS/c1-23(2)18(29)16(11-31-34(35)33-15-10-6-8-13-7-4-5-9-14(13)15)32-21(23)28-12-25-17-19(28)26-22(24)27-20(17)30-3/h4-10,12,16,18,21,29H,11H2,1-3H3,(H2,24,26,27)/q+1. The van der Waals surface area contributed by atoms with E-state index in [1.165, 1.54) is 7.11 Å². The van der Waals surface area contributed by atoms with Crippen molar-refractivity contribution in [2.45, 2.75) is 32.3 Å². The normalized spacial score (nSPS) is 21.9. The van der Waals surface area contributed by atoms with Crippen molar-refractivity contribution >= 4 is 46.8 Å². The number of aromatic nitrogens is 4. The Hall–Kier alpha value is -2.95. The van der Waals surface area contributed by atoms with E-state index in [1.807, 2.05) is 56.3 Å². The number of hydrogen-bond acceptors (Lipinski definition) is 10. The molecule has 0 spiro atoms. The van der Waals surface area contributed by atoms with Crippen molar-refractivity contribution in [3.05, 3.63) is 48.8 Å². The zero-order chi connectivity index (χ0) is 24.7. The van der Waals surface area contributed by atoms with Crippen LogP contribution in [0.15, 0.2) is 48.8 Å². The van der Waals surface area contributed by atoms with Gasteiger partial charge in [-0.05, 0) is 11.5 Å². The summed E-state index contributed by atoms with van der Waals surface area (Å²) < 4.78 is 25.0. The summed E-state index contributed by atoms with van der Waals surface area (Å²) in [5.74, 6) is 0.978. The van der Waals surface area contributed by atoms with E-state index in [-0.39, 0.29) is 18.4 Å². The third-order valence-electron chi connectivity index (χ3n) is 6.17. The molecule has 0 aliphatic carbocycles. The predicted octanol–water partition coefficient (Wildman–Crippen LogP) is 3.72. The van der Waals surface area contributed by atoms with Gasteiger partial charge >= 0.3 is 7.15 Å². The highest BCUT2D eigenvalue weighted by Crippen LogP contribution is 2.47. The van der Waals surface area contributed by atoms with E-state index in [9.17, 15) is 5.11 Å². The van der Waals surface area contributed by atoms with Crippen LogP contribution in [0.3, 0.4) is 0 Å². The molecule has 10 nitrogen and oxygen atoms in total. The van der Waals surface area contributed by atoms with Gasteiger partial charge in [0.25, 0.3) is 0 Å². The fourth-order valence-corrected chi connectivity index (χ4v) is 5.40. The van der Waals surface area contributed by atoms with Crippen LogP contribution in [-0.4, -0.2) is 50.6 Å². The number of ether oxygens (including phenoxy) is 2. The molecule has 4 unspecified atom stereocenters. The minimum Gasteiger partial charge on any atom is -0.479 e. The number of nitrogen functional groups attached to an aromatic ring is 1. The van der Waals surface area contributed by atoms with Gasteiger partial charge in [0, 0.05) is 10.8 Å². The fourth-order valence-electron chi connectivity index (χ4n) is 4.33. The Bertz CT molecular complexity index is 1410. The van der Waals surface area contributed by atoms with Gasteiger partial charge < -0.3 is 20.3 Å². The number of aliphatic hydroxyl groups excluding tert-OH is 1. The lowest BCUT2D eigenvalue weighted by molar-refractivity contribution is -0.0441. The highest BCUT2D eigenvalue weighted by Gasteiger charge is 2.52. The SMILES string of the molecule is COc1nc(N)nc2c1ncn2C1OC(CO[P+](=S)Oc2cccc3ccccc23)C(O)C1(C)C. The maximum atomic E-state index is 11.1. The number of hydrogen-bond donors (Lipinski definition) is 2. The lowest BCUT2D eigenvalue weighted by Gasteiger charge is -2.28. The molecule has 0 saturated carbocycles. The second-order valence-corrected chi connectivity index (χ2v) is 10.6. The molecular formula is C23H25N5O5PS+. The molecule has 1 aliphatic heterocycles. The minimum atomic E-state index is -1.68. The first-order valence-electron chi connectivity index (χ1n) is 10.9. The summed E-state index contributed by atoms with van der Waals surface area (Å²) in [5.41, 5.74) is 6.05. The number of aliphatic hydroxyl groups is 1. The average molecular weight is 515 g/mol. The summed E-state index contributed by atoms with van der Waals surface area (Å²) in [6, 6.07) is 13.7. The van der Waals surface area contributed by atoms with Gasteiger partial charge in [-0.1, -0.05) is 50.2 Å². The Morgan fingerprint density at radius 3 is 2.77 bits per heavy atom. The molecule has 0 amide bonds. The number of nitrogens with two attached hydrogens (primary N) is 1. The molecule has 3 heterocycles. The van der Waals surface area contributed by atoms with Crippen molar-refractivity contribution in [2.75, 3.05) is 19.5 Å². The first-order valence-corrected chi connectivity index (χ1v) is 13.1. The largest absolute Gasteiger partial charge is 0.573 e. The van der Waals surface area contributed by atoms with Crippen LogP contribution >= 0.6 is 7.15 Å². The number of fused-ring (bicyclic) bond motifs is 2. The molecule has 182 valence electrons. The highest BCUT2D eigenvalue weighted by molar-refractivity contribution is 8.00. The molecule has 2 aromatic heterocycles. The van der Waals surface area contributed by atoms with E-state index in [0.29, 0.717) is 16.9 Å². The summed E-state index contributed by atoms with van der Waals surface area (Å²) in [6.07, 6.45) is -0.502. The third-order valence-corrected chi connectivity index (χ3v) is 7.42. The van der Waals surface area contributed by atoms with E-state index in [1.54, 1.807) is 10.9 Å². The summed E-state index contributed by atoms with van der Waals surface area (Å²) in [7, 11) is -0.188. The Kier molecular flexibility index (Phi) is 6.29. The molecule has 4 atom stereocenters. The Morgan fingerprint density at radius 2 is 1.97 bits per heavy atom. The van der Waals surface area contributed by atoms with Gasteiger partial charge in [-0.2, -0.15) is 9.97 Å². The topological polar surface area (TPSA) is 127 Å². The first kappa shape index (κ1) is 23.8. The zero-order valence-corrected chi connectivity index (χ0v) is 21.1. The van der Waals surface area contributed by atoms with Gasteiger partial charge in [-0.25, -0.2) is 9.51 Å². The number of anilines is 1. The quantitative estimate of drug-likeness (QED) is 0.352. The smallest absolute Gasteiger partial charge is 0.479 e. The molecule has 0 radical (unpaired) electrons. The summed E-state index contributed by atoms with van der Waals surface area (Å²) >= 11 is 5.45. The lowest BCUT2D eigenvalue weighted by atomic mass is 9.84. The molecule has 5 rings (SSSR count). The van der Waals surface area contributed by atoms with E-state index in [0.717, 1.165) is 10.8 Å². The molecular weight excluding hydrogens is 489 g/mol. The van der Waals surface area contributed by atoms with Crippen LogP contribution in [0.25, 0.3) is 21.9 Å². The monoisotopic (exact) mass is 514 g/mol. The van der Waals surface area contributed by atoms with Crippen LogP contribution in [-0.2, 0) is 21.1 Å². The van der Waals surface area contributed by atoms with Gasteiger partial charge in [-0.15, -0.1) is 4.52 Å². The van der Waals surface area contributed by atoms with Crippen LogP contribution in [0.2, 0.25) is 0 Å². The van der Waals surface area contributed by atoms with Gasteiger partial charge in [0.1, 0.15) is 18.9 Å². The number of methoxy groups -OCH3 is 1. The molecule has 1 saturated heterocycles. The molecule has 3 N–H and O–H groups in total. The van der Waals surface area contributed by atoms with E-state index >= 15 is 0 Å². The van der Waals surface area contributed by atoms with Crippen molar-refractivity contribution in [1.82, 2.24) is 19.5 Å². The van der Waals surface area contributed by atoms with Crippen molar-refractivity contribution in [1.29, 1.82) is 0 Å². The molecule has 1 aliphatic rings. The number of nitrogens with zero attached hydrogens (tertiary/aromatic N) is 4. The zero-order valence-electron chi connectivity index (χ0n) is 19.4. The van der Waals surface area contributed by atoms with E-state index in [4.69, 9.17) is 36.1 Å². The maximum Gasteiger partial charge on any atom is 0.573 e. The van der Waals surface area contributed by atoms with Crippen LogP contribution in [0.4, 0.5) is 5.95 Å². The summed E-state index contributed by atoms with van der Waals surface area (Å²) in [6.45, 7) is 3.87. The number of imidazole rings is 1. The third kappa shape index (κ3) is 4.30. The van der Waals surface area contributed by atoms with Crippen LogP contribution in [0, 0.1) is 5.41 Å². The van der Waals surface area contributed by atoms with E-state index < -0.39 is 31.0 Å². The number of rotatable bonds is 7. The second kappa shape index (κ2) is 9.25. The summed E-state index contributed by atoms with van der Waals surface area (Å²) in [5, 5.41) is 13.1. The summed E-state index contributed by atoms with van der Waals surface area (Å²) in [4.78, 5) is 12.7. The van der Waals surface area contributed by atoms with Crippen molar-refractivity contribution in [3.63, 3.8) is 0 Å².